The Morgan fingerprint density at radius 1 is 0.484 bits per heavy atom. The second-order valence-electron chi connectivity index (χ2n) is 15.6. The molecule has 0 aromatic heterocycles. The van der Waals surface area contributed by atoms with Crippen LogP contribution < -0.4 is 90.2 Å². The molecule has 0 fully saturated rings. The Bertz CT molecular complexity index is 1260. The topological polar surface area (TPSA) is 269 Å². The molecule has 0 saturated heterocycles. The minimum absolute atomic E-state index is 0. The number of rotatable bonds is 40. The van der Waals surface area contributed by atoms with Crippen molar-refractivity contribution in [2.45, 2.75) is 194 Å². The van der Waals surface area contributed by atoms with Crippen LogP contribution in [0, 0.1) is 0 Å². The van der Waals surface area contributed by atoms with E-state index in [4.69, 9.17) is 27.6 Å². The monoisotopic (exact) mass is 974 g/mol. The Labute approximate surface area is 427 Å². The molecule has 6 atom stereocenters. The van der Waals surface area contributed by atoms with E-state index in [-0.39, 0.29) is 109 Å². The Hall–Kier alpha value is -0.630. The summed E-state index contributed by atoms with van der Waals surface area (Å²) in [7, 11) is -9.75. The number of amides is 4. The summed E-state index contributed by atoms with van der Waals surface area (Å²) in [5, 5.41) is 10.5. The van der Waals surface area contributed by atoms with Gasteiger partial charge in [0.05, 0.1) is 26.4 Å². The minimum atomic E-state index is -4.87. The number of carbonyl (C=O) groups excluding carboxylic acids is 5. The van der Waals surface area contributed by atoms with Gasteiger partial charge in [-0.15, -0.1) is 0 Å². The number of carbonyl (C=O) groups is 5. The van der Waals surface area contributed by atoms with Crippen molar-refractivity contribution in [3.63, 3.8) is 0 Å². The van der Waals surface area contributed by atoms with Crippen molar-refractivity contribution in [3.8, 4) is 0 Å². The normalized spacial score (nSPS) is 14.8. The predicted octanol–water partition coefficient (Wildman–Crippen LogP) is 0.0114. The first-order chi connectivity index (χ1) is 29.4. The number of esters is 2. The van der Waals surface area contributed by atoms with Gasteiger partial charge < -0.3 is 58.6 Å². The Kier molecular flexibility index (Phi) is 44.9. The van der Waals surface area contributed by atoms with Crippen LogP contribution in [-0.2, 0) is 55.9 Å². The van der Waals surface area contributed by atoms with Crippen molar-refractivity contribution >= 4 is 45.4 Å². The predicted molar refractivity (Wildman–Crippen MR) is 230 cm³/mol. The van der Waals surface area contributed by atoms with Gasteiger partial charge in [-0.2, -0.15) is 0 Å². The largest absolute Gasteiger partial charge is 1.00 e. The molecule has 0 aromatic rings. The molecule has 4 amide bonds. The summed E-state index contributed by atoms with van der Waals surface area (Å²) in [6, 6.07) is -1.14. The average Bonchev–Trinajstić information content (AvgIpc) is 3.18. The number of urea groups is 1. The standard InChI is InChI=1S/C41H80N4O15P2.2Na/c1-7-9-11-13-15-17-19-21-37(44-33(3)46)23-25-39(59-35(5)48)31-57-61(51,52)55-29-27-42-41(50)43-28-30-56-62(53,54)58-32-40(60-36(6)49)26-24-38(45-34(4)47)22-20-18-16-14-12-10-8-2;;/h37-40H,7-32H2,1-6H3,(H,44,46)(H,45,47)(H,51,52)(H,53,54)(H2,42,43,50);;/q;2*+1/p-2. The fourth-order valence-corrected chi connectivity index (χ4v) is 8.05. The van der Waals surface area contributed by atoms with Gasteiger partial charge in [-0.1, -0.05) is 104 Å². The summed E-state index contributed by atoms with van der Waals surface area (Å²) in [6.45, 7) is 7.01. The third-order valence-electron chi connectivity index (χ3n) is 9.58. The zero-order valence-electron chi connectivity index (χ0n) is 40.2. The molecule has 23 heteroatoms. The summed E-state index contributed by atoms with van der Waals surface area (Å²) in [6.07, 6.45) is 16.6. The van der Waals surface area contributed by atoms with Gasteiger partial charge in [0.25, 0.3) is 15.6 Å². The number of hydrogen-bond acceptors (Lipinski definition) is 15. The summed E-state index contributed by atoms with van der Waals surface area (Å²) in [4.78, 5) is 83.9. The smallest absolute Gasteiger partial charge is 0.756 e. The van der Waals surface area contributed by atoms with E-state index in [0.29, 0.717) is 12.8 Å². The van der Waals surface area contributed by atoms with Crippen LogP contribution in [0.5, 0.6) is 0 Å². The quantitative estimate of drug-likeness (QED) is 0.0273. The Morgan fingerprint density at radius 3 is 1.12 bits per heavy atom. The van der Waals surface area contributed by atoms with Gasteiger partial charge in [0, 0.05) is 52.9 Å². The van der Waals surface area contributed by atoms with Gasteiger partial charge in [0.2, 0.25) is 11.8 Å². The van der Waals surface area contributed by atoms with Crippen LogP contribution in [-0.4, -0.2) is 93.6 Å². The van der Waals surface area contributed by atoms with Crippen LogP contribution in [0.25, 0.3) is 0 Å². The molecule has 0 heterocycles. The second kappa shape index (κ2) is 42.5. The number of phosphoric ester groups is 2. The molecule has 0 spiro atoms. The van der Waals surface area contributed by atoms with Gasteiger partial charge in [-0.05, 0) is 38.5 Å². The van der Waals surface area contributed by atoms with Crippen molar-refractivity contribution in [3.05, 3.63) is 0 Å². The van der Waals surface area contributed by atoms with E-state index in [1.807, 2.05) is 0 Å². The number of phosphoric acid groups is 2. The molecule has 0 radical (unpaired) electrons. The molecule has 6 unspecified atom stereocenters. The van der Waals surface area contributed by atoms with Crippen molar-refractivity contribution in [2.75, 3.05) is 39.5 Å². The van der Waals surface area contributed by atoms with E-state index in [0.717, 1.165) is 51.4 Å². The Balaban J connectivity index is -0.0000186. The molecule has 4 N–H and O–H groups in total. The molecule has 64 heavy (non-hydrogen) atoms. The second-order valence-corrected chi connectivity index (χ2v) is 18.4. The molecule has 0 aliphatic heterocycles. The maximum atomic E-state index is 12.4. The van der Waals surface area contributed by atoms with Crippen molar-refractivity contribution in [1.29, 1.82) is 0 Å². The van der Waals surface area contributed by atoms with E-state index in [1.54, 1.807) is 0 Å². The van der Waals surface area contributed by atoms with Crippen LogP contribution in [0.15, 0.2) is 0 Å². The Morgan fingerprint density at radius 2 is 0.812 bits per heavy atom. The van der Waals surface area contributed by atoms with Gasteiger partial charge >= 0.3 is 77.1 Å². The first-order valence-electron chi connectivity index (χ1n) is 22.5. The summed E-state index contributed by atoms with van der Waals surface area (Å²) < 4.78 is 54.8. The zero-order valence-corrected chi connectivity index (χ0v) is 46.0. The van der Waals surface area contributed by atoms with Gasteiger partial charge in [-0.3, -0.25) is 28.3 Å². The number of unbranched alkanes of at least 4 members (excludes halogenated alkanes) is 12. The molecule has 0 rings (SSSR count). The van der Waals surface area contributed by atoms with Crippen LogP contribution >= 0.6 is 15.6 Å². The van der Waals surface area contributed by atoms with E-state index < -0.39 is 72.3 Å². The first-order valence-corrected chi connectivity index (χ1v) is 25.4. The van der Waals surface area contributed by atoms with Gasteiger partial charge in [0.1, 0.15) is 12.2 Å². The molecular weight excluding hydrogens is 896 g/mol. The minimum Gasteiger partial charge on any atom is -0.756 e. The van der Waals surface area contributed by atoms with E-state index in [9.17, 15) is 42.9 Å². The fourth-order valence-electron chi connectivity index (χ4n) is 6.57. The number of hydrogen-bond donors (Lipinski definition) is 4. The van der Waals surface area contributed by atoms with Gasteiger partial charge in [-0.25, -0.2) is 4.79 Å². The van der Waals surface area contributed by atoms with Crippen LogP contribution in [0.1, 0.15) is 170 Å². The molecule has 0 aliphatic carbocycles. The van der Waals surface area contributed by atoms with Crippen molar-refractivity contribution in [2.24, 2.45) is 0 Å². The molecule has 19 nitrogen and oxygen atoms in total. The van der Waals surface area contributed by atoms with E-state index in [1.165, 1.54) is 79.1 Å². The van der Waals surface area contributed by atoms with Crippen LogP contribution in [0.2, 0.25) is 0 Å². The summed E-state index contributed by atoms with van der Waals surface area (Å²) in [5.41, 5.74) is 0. The number of nitrogens with one attached hydrogen (secondary N) is 4. The first kappa shape index (κ1) is 67.6. The maximum absolute atomic E-state index is 12.4. The fraction of sp³-hybridized carbons (Fsp3) is 0.878. The van der Waals surface area contributed by atoms with Crippen LogP contribution in [0.3, 0.4) is 0 Å². The zero-order chi connectivity index (χ0) is 46.7. The van der Waals surface area contributed by atoms with Crippen molar-refractivity contribution < 1.29 is 130 Å². The van der Waals surface area contributed by atoms with E-state index >= 15 is 0 Å². The molecule has 0 aliphatic rings. The van der Waals surface area contributed by atoms with Gasteiger partial charge in [0.15, 0.2) is 0 Å². The number of ether oxygens (including phenoxy) is 2. The SMILES string of the molecule is CCCCCCCCCC(CCC(COP(=O)([O-])OCCNC(=O)NCCOP(=O)([O-])OCC(CCC(CCCCCCCCC)NC(C)=O)OC(C)=O)OC(C)=O)NC(C)=O.[Na+].[Na+]. The molecule has 0 bridgehead atoms. The molecule has 364 valence electrons. The van der Waals surface area contributed by atoms with E-state index in [2.05, 4.69) is 35.1 Å². The average molecular weight is 975 g/mol. The summed E-state index contributed by atoms with van der Waals surface area (Å²) in [5.74, 6) is -1.64. The van der Waals surface area contributed by atoms with Crippen LogP contribution in [0.4, 0.5) is 4.79 Å². The third-order valence-corrected chi connectivity index (χ3v) is 11.5. The molecule has 0 saturated carbocycles. The van der Waals surface area contributed by atoms with Crippen molar-refractivity contribution in [1.82, 2.24) is 21.3 Å². The molecular formula is C41H78N4Na2O15P2. The summed E-state index contributed by atoms with van der Waals surface area (Å²) >= 11 is 0. The maximum Gasteiger partial charge on any atom is 1.00 e. The third kappa shape index (κ3) is 43.9. The molecule has 0 aromatic carbocycles.